The second kappa shape index (κ2) is 4.52. The Morgan fingerprint density at radius 1 is 1.71 bits per heavy atom. The lowest BCUT2D eigenvalue weighted by Crippen LogP contribution is -2.50. The van der Waals surface area contributed by atoms with Crippen LogP contribution in [0.2, 0.25) is 0 Å². The van der Waals surface area contributed by atoms with Gasteiger partial charge in [-0.15, -0.1) is 0 Å². The van der Waals surface area contributed by atoms with Crippen molar-refractivity contribution in [1.82, 2.24) is 20.4 Å². The van der Waals surface area contributed by atoms with Crippen LogP contribution in [0.4, 0.5) is 0 Å². The highest BCUT2D eigenvalue weighted by Crippen LogP contribution is 2.04. The van der Waals surface area contributed by atoms with Crippen LogP contribution in [0.3, 0.4) is 0 Å². The van der Waals surface area contributed by atoms with Crippen molar-refractivity contribution in [2.24, 2.45) is 0 Å². The van der Waals surface area contributed by atoms with Crippen LogP contribution in [0.25, 0.3) is 0 Å². The molecule has 0 aliphatic carbocycles. The second-order valence-electron chi connectivity index (χ2n) is 3.67. The molecule has 1 unspecified atom stereocenters. The number of aromatic nitrogens is 2. The van der Waals surface area contributed by atoms with Gasteiger partial charge in [0.25, 0.3) is 0 Å². The normalized spacial score (nSPS) is 23.9. The molecule has 5 heteroatoms. The van der Waals surface area contributed by atoms with Gasteiger partial charge in [0.05, 0.1) is 0 Å². The molecule has 1 saturated heterocycles. The van der Waals surface area contributed by atoms with E-state index >= 15 is 0 Å². The summed E-state index contributed by atoms with van der Waals surface area (Å²) >= 11 is 0. The maximum atomic E-state index is 4.96. The second-order valence-corrected chi connectivity index (χ2v) is 3.67. The number of piperazine rings is 1. The first kappa shape index (κ1) is 9.61. The van der Waals surface area contributed by atoms with Crippen molar-refractivity contribution in [3.8, 4) is 0 Å². The Hall–Kier alpha value is -0.940. The number of nitrogens with zero attached hydrogens (tertiary/aromatic N) is 3. The van der Waals surface area contributed by atoms with Crippen molar-refractivity contribution < 1.29 is 4.52 Å². The number of rotatable bonds is 3. The molecular weight excluding hydrogens is 180 g/mol. The predicted octanol–water partition coefficient (Wildman–Crippen LogP) is -0.0942. The van der Waals surface area contributed by atoms with Crippen molar-refractivity contribution >= 4 is 0 Å². The quantitative estimate of drug-likeness (QED) is 0.732. The van der Waals surface area contributed by atoms with E-state index in [0.29, 0.717) is 6.04 Å². The summed E-state index contributed by atoms with van der Waals surface area (Å²) in [4.78, 5) is 6.45. The molecule has 5 nitrogen and oxygen atoms in total. The molecule has 0 spiro atoms. The average Bonchev–Trinajstić information content (AvgIpc) is 2.69. The molecule has 1 N–H and O–H groups in total. The SMILES string of the molecule is CC1CNCCN1CCc1ncno1. The highest BCUT2D eigenvalue weighted by molar-refractivity contribution is 4.81. The summed E-state index contributed by atoms with van der Waals surface area (Å²) in [6.45, 7) is 6.50. The van der Waals surface area contributed by atoms with Crippen LogP contribution < -0.4 is 5.32 Å². The molecule has 0 bridgehead atoms. The summed E-state index contributed by atoms with van der Waals surface area (Å²) in [5.74, 6) is 0.732. The Morgan fingerprint density at radius 3 is 3.36 bits per heavy atom. The van der Waals surface area contributed by atoms with Crippen molar-refractivity contribution in [3.05, 3.63) is 12.2 Å². The van der Waals surface area contributed by atoms with E-state index in [4.69, 9.17) is 4.52 Å². The lowest BCUT2D eigenvalue weighted by Gasteiger charge is -2.33. The van der Waals surface area contributed by atoms with Gasteiger partial charge in [0.15, 0.2) is 6.33 Å². The van der Waals surface area contributed by atoms with Crippen LogP contribution in [0, 0.1) is 0 Å². The van der Waals surface area contributed by atoms with Crippen molar-refractivity contribution in [2.45, 2.75) is 19.4 Å². The van der Waals surface area contributed by atoms with Gasteiger partial charge in [0.2, 0.25) is 5.89 Å². The Labute approximate surface area is 83.5 Å². The molecule has 1 fully saturated rings. The fraction of sp³-hybridized carbons (Fsp3) is 0.778. The van der Waals surface area contributed by atoms with Gasteiger partial charge >= 0.3 is 0 Å². The first-order valence-corrected chi connectivity index (χ1v) is 5.06. The van der Waals surface area contributed by atoms with E-state index in [1.54, 1.807) is 0 Å². The van der Waals surface area contributed by atoms with Gasteiger partial charge in [0.1, 0.15) is 0 Å². The van der Waals surface area contributed by atoms with Gasteiger partial charge in [-0.2, -0.15) is 4.98 Å². The molecular formula is C9H16N4O. The summed E-state index contributed by atoms with van der Waals surface area (Å²) in [5.41, 5.74) is 0. The summed E-state index contributed by atoms with van der Waals surface area (Å²) in [6.07, 6.45) is 2.31. The first-order chi connectivity index (χ1) is 6.86. The van der Waals surface area contributed by atoms with Gasteiger partial charge in [0, 0.05) is 38.6 Å². The van der Waals surface area contributed by atoms with Crippen LogP contribution in [0.15, 0.2) is 10.9 Å². The van der Waals surface area contributed by atoms with Crippen LogP contribution in [0.5, 0.6) is 0 Å². The zero-order valence-corrected chi connectivity index (χ0v) is 8.44. The molecule has 78 valence electrons. The third-order valence-corrected chi connectivity index (χ3v) is 2.66. The highest BCUT2D eigenvalue weighted by atomic mass is 16.5. The van der Waals surface area contributed by atoms with E-state index in [1.807, 2.05) is 0 Å². The average molecular weight is 196 g/mol. The van der Waals surface area contributed by atoms with E-state index < -0.39 is 0 Å². The monoisotopic (exact) mass is 196 g/mol. The van der Waals surface area contributed by atoms with Crippen LogP contribution in [0.1, 0.15) is 12.8 Å². The van der Waals surface area contributed by atoms with Crippen LogP contribution >= 0.6 is 0 Å². The summed E-state index contributed by atoms with van der Waals surface area (Å²) in [6, 6.07) is 0.603. The zero-order valence-electron chi connectivity index (χ0n) is 8.44. The molecule has 0 aromatic carbocycles. The van der Waals surface area contributed by atoms with Crippen molar-refractivity contribution in [3.63, 3.8) is 0 Å². The van der Waals surface area contributed by atoms with Gasteiger partial charge in [-0.3, -0.25) is 4.90 Å². The maximum Gasteiger partial charge on any atom is 0.227 e. The van der Waals surface area contributed by atoms with Crippen molar-refractivity contribution in [2.75, 3.05) is 26.2 Å². The molecule has 1 aliphatic rings. The number of hydrogen-bond donors (Lipinski definition) is 1. The van der Waals surface area contributed by atoms with Gasteiger partial charge in [-0.25, -0.2) is 0 Å². The van der Waals surface area contributed by atoms with E-state index in [0.717, 1.165) is 38.5 Å². The molecule has 0 saturated carbocycles. The minimum atomic E-state index is 0.603. The largest absolute Gasteiger partial charge is 0.340 e. The summed E-state index contributed by atoms with van der Waals surface area (Å²) in [5, 5.41) is 6.95. The fourth-order valence-electron chi connectivity index (χ4n) is 1.76. The van der Waals surface area contributed by atoms with E-state index in [2.05, 4.69) is 27.3 Å². The standard InChI is InChI=1S/C9H16N4O/c1-8-6-10-3-5-13(8)4-2-9-11-7-12-14-9/h7-8,10H,2-6H2,1H3. The molecule has 1 aliphatic heterocycles. The van der Waals surface area contributed by atoms with E-state index in [1.165, 1.54) is 6.33 Å². The smallest absolute Gasteiger partial charge is 0.227 e. The molecule has 1 atom stereocenters. The van der Waals surface area contributed by atoms with E-state index in [9.17, 15) is 0 Å². The Kier molecular flexibility index (Phi) is 3.10. The Balaban J connectivity index is 1.79. The molecule has 2 rings (SSSR count). The lowest BCUT2D eigenvalue weighted by molar-refractivity contribution is 0.171. The van der Waals surface area contributed by atoms with Gasteiger partial charge in [-0.05, 0) is 6.92 Å². The first-order valence-electron chi connectivity index (χ1n) is 5.06. The van der Waals surface area contributed by atoms with Crippen LogP contribution in [-0.2, 0) is 6.42 Å². The topological polar surface area (TPSA) is 54.2 Å². The van der Waals surface area contributed by atoms with Crippen molar-refractivity contribution in [1.29, 1.82) is 0 Å². The molecule has 1 aromatic rings. The zero-order chi connectivity index (χ0) is 9.80. The third-order valence-electron chi connectivity index (χ3n) is 2.66. The number of nitrogens with one attached hydrogen (secondary N) is 1. The molecule has 0 amide bonds. The minimum Gasteiger partial charge on any atom is -0.340 e. The fourth-order valence-corrected chi connectivity index (χ4v) is 1.76. The Morgan fingerprint density at radius 2 is 2.64 bits per heavy atom. The summed E-state index contributed by atoms with van der Waals surface area (Å²) < 4.78 is 4.96. The third kappa shape index (κ3) is 2.30. The predicted molar refractivity (Wildman–Crippen MR) is 51.9 cm³/mol. The maximum absolute atomic E-state index is 4.96. The molecule has 2 heterocycles. The molecule has 14 heavy (non-hydrogen) atoms. The lowest BCUT2D eigenvalue weighted by atomic mass is 10.2. The summed E-state index contributed by atoms with van der Waals surface area (Å²) in [7, 11) is 0. The number of hydrogen-bond acceptors (Lipinski definition) is 5. The minimum absolute atomic E-state index is 0.603. The van der Waals surface area contributed by atoms with Gasteiger partial charge < -0.3 is 9.84 Å². The van der Waals surface area contributed by atoms with Crippen LogP contribution in [-0.4, -0.2) is 47.3 Å². The molecule has 0 radical (unpaired) electrons. The molecule has 1 aromatic heterocycles. The highest BCUT2D eigenvalue weighted by Gasteiger charge is 2.17. The van der Waals surface area contributed by atoms with E-state index in [-0.39, 0.29) is 0 Å². The Bertz CT molecular complexity index is 262. The van der Waals surface area contributed by atoms with Gasteiger partial charge in [-0.1, -0.05) is 5.16 Å².